The van der Waals surface area contributed by atoms with Crippen LogP contribution >= 0.6 is 22.9 Å². The van der Waals surface area contributed by atoms with Crippen molar-refractivity contribution in [1.82, 2.24) is 9.29 Å². The summed E-state index contributed by atoms with van der Waals surface area (Å²) in [5.41, 5.74) is 0.833. The van der Waals surface area contributed by atoms with Gasteiger partial charge in [0.15, 0.2) is 0 Å². The smallest absolute Gasteiger partial charge is 0.239 e. The molecule has 3 rings (SSSR count). The maximum atomic E-state index is 13.3. The van der Waals surface area contributed by atoms with Crippen LogP contribution in [0.15, 0.2) is 47.4 Å². The Balaban J connectivity index is 1.96. The Morgan fingerprint density at radius 3 is 2.62 bits per heavy atom. The molecule has 0 aliphatic heterocycles. The zero-order valence-electron chi connectivity index (χ0n) is 12.9. The number of hydrogen-bond acceptors (Lipinski definition) is 4. The second-order valence-corrected chi connectivity index (χ2v) is 8.76. The van der Waals surface area contributed by atoms with E-state index in [1.54, 1.807) is 6.92 Å². The molecular formula is C16H14ClFN2O2S2. The molecule has 0 bridgehead atoms. The van der Waals surface area contributed by atoms with Gasteiger partial charge in [-0.15, -0.1) is 11.3 Å². The maximum Gasteiger partial charge on any atom is 0.243 e. The van der Waals surface area contributed by atoms with Crippen LogP contribution < -0.4 is 0 Å². The van der Waals surface area contributed by atoms with Gasteiger partial charge < -0.3 is 0 Å². The molecule has 8 heteroatoms. The Kier molecular flexibility index (Phi) is 4.61. The van der Waals surface area contributed by atoms with Gasteiger partial charge in [0.25, 0.3) is 0 Å². The average molecular weight is 385 g/mol. The molecule has 0 aliphatic rings. The number of fused-ring (bicyclic) bond motifs is 1. The molecule has 2 aromatic carbocycles. The molecule has 0 saturated carbocycles. The monoisotopic (exact) mass is 384 g/mol. The van der Waals surface area contributed by atoms with Crippen LogP contribution in [0.2, 0.25) is 5.02 Å². The highest BCUT2D eigenvalue weighted by atomic mass is 35.5. The van der Waals surface area contributed by atoms with Crippen molar-refractivity contribution < 1.29 is 12.8 Å². The van der Waals surface area contributed by atoms with Crippen LogP contribution in [-0.2, 0) is 10.0 Å². The fourth-order valence-corrected chi connectivity index (χ4v) is 4.97. The van der Waals surface area contributed by atoms with Crippen molar-refractivity contribution in [1.29, 1.82) is 0 Å². The highest BCUT2D eigenvalue weighted by Gasteiger charge is 2.28. The fourth-order valence-electron chi connectivity index (χ4n) is 2.24. The third-order valence-electron chi connectivity index (χ3n) is 3.78. The summed E-state index contributed by atoms with van der Waals surface area (Å²) in [6.45, 7) is 1.76. The molecule has 126 valence electrons. The van der Waals surface area contributed by atoms with E-state index in [0.29, 0.717) is 5.01 Å². The molecular weight excluding hydrogens is 371 g/mol. The van der Waals surface area contributed by atoms with Crippen LogP contribution in [0.1, 0.15) is 18.0 Å². The number of nitrogens with zero attached hydrogens (tertiary/aromatic N) is 2. The van der Waals surface area contributed by atoms with Gasteiger partial charge in [0.1, 0.15) is 10.8 Å². The van der Waals surface area contributed by atoms with Crippen molar-refractivity contribution in [2.24, 2.45) is 0 Å². The van der Waals surface area contributed by atoms with Crippen molar-refractivity contribution in [2.75, 3.05) is 7.05 Å². The number of hydrogen-bond donors (Lipinski definition) is 0. The number of benzene rings is 2. The Hall–Kier alpha value is -1.54. The number of para-hydroxylation sites is 1. The second kappa shape index (κ2) is 6.40. The number of aromatic nitrogens is 1. The lowest BCUT2D eigenvalue weighted by molar-refractivity contribution is 0.397. The van der Waals surface area contributed by atoms with Gasteiger partial charge in [-0.3, -0.25) is 0 Å². The summed E-state index contributed by atoms with van der Waals surface area (Å²) in [7, 11) is -2.34. The summed E-state index contributed by atoms with van der Waals surface area (Å²) in [5, 5.41) is 0.465. The van der Waals surface area contributed by atoms with Gasteiger partial charge in [0, 0.05) is 7.05 Å². The van der Waals surface area contributed by atoms with Gasteiger partial charge in [-0.25, -0.2) is 17.8 Å². The average Bonchev–Trinajstić information content (AvgIpc) is 2.99. The van der Waals surface area contributed by atoms with Gasteiger partial charge in [0.05, 0.1) is 26.2 Å². The molecule has 0 amide bonds. The highest BCUT2D eigenvalue weighted by Crippen LogP contribution is 2.32. The first-order valence-electron chi connectivity index (χ1n) is 7.09. The number of halogens is 2. The van der Waals surface area contributed by atoms with Crippen LogP contribution in [0.25, 0.3) is 10.2 Å². The summed E-state index contributed by atoms with van der Waals surface area (Å²) < 4.78 is 41.0. The first-order valence-corrected chi connectivity index (χ1v) is 9.72. The van der Waals surface area contributed by atoms with Crippen molar-refractivity contribution in [2.45, 2.75) is 17.9 Å². The molecule has 0 saturated heterocycles. The van der Waals surface area contributed by atoms with E-state index >= 15 is 0 Å². The molecule has 0 unspecified atom stereocenters. The SMILES string of the molecule is C[C@@H](c1nc2ccccc2s1)N(C)S(=O)(=O)c1ccc(F)c(Cl)c1. The molecule has 1 heterocycles. The van der Waals surface area contributed by atoms with Gasteiger partial charge in [-0.2, -0.15) is 4.31 Å². The second-order valence-electron chi connectivity index (χ2n) is 5.29. The molecule has 0 aliphatic carbocycles. The highest BCUT2D eigenvalue weighted by molar-refractivity contribution is 7.89. The lowest BCUT2D eigenvalue weighted by atomic mass is 10.3. The van der Waals surface area contributed by atoms with Crippen molar-refractivity contribution >= 4 is 43.2 Å². The van der Waals surface area contributed by atoms with Gasteiger partial charge in [-0.05, 0) is 37.3 Å². The minimum atomic E-state index is -3.81. The first kappa shape index (κ1) is 17.3. The predicted octanol–water partition coefficient (Wildman–Crippen LogP) is 4.47. The molecule has 0 fully saturated rings. The van der Waals surface area contributed by atoms with E-state index in [0.717, 1.165) is 22.3 Å². The van der Waals surface area contributed by atoms with Crippen LogP contribution in [0.5, 0.6) is 0 Å². The molecule has 0 spiro atoms. The quantitative estimate of drug-likeness (QED) is 0.666. The van der Waals surface area contributed by atoms with E-state index in [9.17, 15) is 12.8 Å². The Labute approximate surface area is 148 Å². The van der Waals surface area contributed by atoms with Crippen LogP contribution in [0.4, 0.5) is 4.39 Å². The lowest BCUT2D eigenvalue weighted by Crippen LogP contribution is -2.29. The van der Waals surface area contributed by atoms with Gasteiger partial charge in [0.2, 0.25) is 10.0 Å². The summed E-state index contributed by atoms with van der Waals surface area (Å²) in [4.78, 5) is 4.45. The molecule has 1 aromatic heterocycles. The van der Waals surface area contributed by atoms with Crippen molar-refractivity contribution in [3.8, 4) is 0 Å². The summed E-state index contributed by atoms with van der Waals surface area (Å²) in [6, 6.07) is 10.5. The molecule has 0 N–H and O–H groups in total. The zero-order valence-corrected chi connectivity index (χ0v) is 15.3. The minimum Gasteiger partial charge on any atom is -0.239 e. The standard InChI is InChI=1S/C16H14ClFN2O2S2/c1-10(16-19-14-5-3-4-6-15(14)23-16)20(2)24(21,22)11-7-8-13(18)12(17)9-11/h3-10H,1-2H3/t10-/m0/s1. The van der Waals surface area contributed by atoms with Crippen LogP contribution in [0, 0.1) is 5.82 Å². The van der Waals surface area contributed by atoms with E-state index < -0.39 is 21.9 Å². The number of thiazole rings is 1. The third kappa shape index (κ3) is 3.04. The Bertz CT molecular complexity index is 971. The number of rotatable bonds is 4. The van der Waals surface area contributed by atoms with E-state index in [1.807, 2.05) is 24.3 Å². The van der Waals surface area contributed by atoms with Gasteiger partial charge >= 0.3 is 0 Å². The minimum absolute atomic E-state index is 0.0515. The molecule has 1 atom stereocenters. The third-order valence-corrected chi connectivity index (χ3v) is 7.20. The van der Waals surface area contributed by atoms with E-state index in [2.05, 4.69) is 4.98 Å². The summed E-state index contributed by atoms with van der Waals surface area (Å²) in [6.07, 6.45) is 0. The summed E-state index contributed by atoms with van der Waals surface area (Å²) in [5.74, 6) is -0.655. The van der Waals surface area contributed by atoms with Gasteiger partial charge in [-0.1, -0.05) is 23.7 Å². The maximum absolute atomic E-state index is 13.3. The molecule has 4 nitrogen and oxygen atoms in total. The topological polar surface area (TPSA) is 50.3 Å². The Morgan fingerprint density at radius 1 is 1.25 bits per heavy atom. The largest absolute Gasteiger partial charge is 0.243 e. The van der Waals surface area contributed by atoms with Crippen molar-refractivity contribution in [3.63, 3.8) is 0 Å². The summed E-state index contributed by atoms with van der Waals surface area (Å²) >= 11 is 7.15. The number of sulfonamides is 1. The molecule has 0 radical (unpaired) electrons. The van der Waals surface area contributed by atoms with E-state index in [-0.39, 0.29) is 9.92 Å². The molecule has 3 aromatic rings. The predicted molar refractivity (Wildman–Crippen MR) is 94.4 cm³/mol. The van der Waals surface area contributed by atoms with Crippen molar-refractivity contribution in [3.05, 3.63) is 58.3 Å². The fraction of sp³-hybridized carbons (Fsp3) is 0.188. The van der Waals surface area contributed by atoms with E-state index in [1.165, 1.54) is 28.8 Å². The molecule has 24 heavy (non-hydrogen) atoms. The Morgan fingerprint density at radius 2 is 1.96 bits per heavy atom. The van der Waals surface area contributed by atoms with Crippen LogP contribution in [0.3, 0.4) is 0 Å². The van der Waals surface area contributed by atoms with Crippen LogP contribution in [-0.4, -0.2) is 24.8 Å². The normalized spacial score (nSPS) is 13.5. The zero-order chi connectivity index (χ0) is 17.5. The first-order chi connectivity index (χ1) is 11.3. The lowest BCUT2D eigenvalue weighted by Gasteiger charge is -2.22. The van der Waals surface area contributed by atoms with E-state index in [4.69, 9.17) is 11.6 Å².